The Balaban J connectivity index is 2.07. The van der Waals surface area contributed by atoms with E-state index in [2.05, 4.69) is 5.32 Å². The predicted octanol–water partition coefficient (Wildman–Crippen LogP) is 2.78. The fourth-order valence-corrected chi connectivity index (χ4v) is 2.67. The SMILES string of the molecule is CC(C)N(CC1CCNCC1)C(=O)c1ccoc1Cl. The molecular formula is C14H21ClN2O2. The Kier molecular flexibility index (Phi) is 4.88. The lowest BCUT2D eigenvalue weighted by Gasteiger charge is -2.32. The number of carbonyl (C=O) groups is 1. The molecule has 4 nitrogen and oxygen atoms in total. The molecule has 1 aromatic rings. The number of nitrogens with zero attached hydrogens (tertiary/aromatic N) is 1. The molecule has 5 heteroatoms. The lowest BCUT2D eigenvalue weighted by molar-refractivity contribution is 0.0657. The van der Waals surface area contributed by atoms with Crippen LogP contribution in [0.15, 0.2) is 16.7 Å². The second-order valence-corrected chi connectivity index (χ2v) is 5.70. The van der Waals surface area contributed by atoms with E-state index in [-0.39, 0.29) is 17.2 Å². The van der Waals surface area contributed by atoms with Crippen LogP contribution in [0.2, 0.25) is 5.22 Å². The third-order valence-corrected chi connectivity index (χ3v) is 3.94. The fraction of sp³-hybridized carbons (Fsp3) is 0.643. The van der Waals surface area contributed by atoms with Crippen LogP contribution in [0.25, 0.3) is 0 Å². The molecular weight excluding hydrogens is 264 g/mol. The number of furan rings is 1. The lowest BCUT2D eigenvalue weighted by atomic mass is 9.97. The van der Waals surface area contributed by atoms with Gasteiger partial charge in [-0.1, -0.05) is 0 Å². The Hall–Kier alpha value is -1.00. The number of nitrogens with one attached hydrogen (secondary N) is 1. The van der Waals surface area contributed by atoms with Crippen LogP contribution in [0.1, 0.15) is 37.0 Å². The molecule has 1 N–H and O–H groups in total. The molecule has 0 unspecified atom stereocenters. The number of rotatable bonds is 4. The van der Waals surface area contributed by atoms with Crippen molar-refractivity contribution >= 4 is 17.5 Å². The molecule has 1 amide bonds. The van der Waals surface area contributed by atoms with Crippen molar-refractivity contribution in [1.82, 2.24) is 10.2 Å². The van der Waals surface area contributed by atoms with E-state index in [9.17, 15) is 4.79 Å². The van der Waals surface area contributed by atoms with Gasteiger partial charge in [-0.2, -0.15) is 0 Å². The van der Waals surface area contributed by atoms with Gasteiger partial charge in [-0.05, 0) is 63.4 Å². The Labute approximate surface area is 119 Å². The summed E-state index contributed by atoms with van der Waals surface area (Å²) in [6, 6.07) is 1.80. The first-order chi connectivity index (χ1) is 9.09. The molecule has 1 fully saturated rings. The van der Waals surface area contributed by atoms with Gasteiger partial charge in [0.05, 0.1) is 11.8 Å². The minimum absolute atomic E-state index is 0.0349. The van der Waals surface area contributed by atoms with Crippen LogP contribution in [0.4, 0.5) is 0 Å². The van der Waals surface area contributed by atoms with E-state index in [0.717, 1.165) is 32.5 Å². The highest BCUT2D eigenvalue weighted by Crippen LogP contribution is 2.22. The molecule has 0 atom stereocenters. The van der Waals surface area contributed by atoms with Crippen LogP contribution in [-0.4, -0.2) is 36.5 Å². The van der Waals surface area contributed by atoms with Gasteiger partial charge >= 0.3 is 0 Å². The van der Waals surface area contributed by atoms with Crippen molar-refractivity contribution in [3.05, 3.63) is 23.1 Å². The van der Waals surface area contributed by atoms with Gasteiger partial charge in [0.25, 0.3) is 5.91 Å². The number of carbonyl (C=O) groups excluding carboxylic acids is 1. The van der Waals surface area contributed by atoms with Gasteiger partial charge in [0.1, 0.15) is 0 Å². The van der Waals surface area contributed by atoms with Crippen molar-refractivity contribution in [2.75, 3.05) is 19.6 Å². The molecule has 0 saturated carbocycles. The standard InChI is InChI=1S/C14H21ClN2O2/c1-10(2)17(9-11-3-6-16-7-4-11)14(18)12-5-8-19-13(12)15/h5,8,10-11,16H,3-4,6-7,9H2,1-2H3. The van der Waals surface area contributed by atoms with E-state index >= 15 is 0 Å². The zero-order valence-electron chi connectivity index (χ0n) is 11.5. The summed E-state index contributed by atoms with van der Waals surface area (Å²) < 4.78 is 5.01. The summed E-state index contributed by atoms with van der Waals surface area (Å²) in [6.07, 6.45) is 3.70. The zero-order valence-corrected chi connectivity index (χ0v) is 12.2. The Bertz CT molecular complexity index is 425. The molecule has 1 aliphatic heterocycles. The van der Waals surface area contributed by atoms with Gasteiger partial charge in [-0.15, -0.1) is 0 Å². The van der Waals surface area contributed by atoms with Crippen molar-refractivity contribution in [3.63, 3.8) is 0 Å². The maximum Gasteiger partial charge on any atom is 0.258 e. The van der Waals surface area contributed by atoms with Gasteiger partial charge < -0.3 is 14.6 Å². The molecule has 0 spiro atoms. The normalized spacial score (nSPS) is 16.8. The second kappa shape index (κ2) is 6.44. The maximum atomic E-state index is 12.5. The molecule has 2 heterocycles. The monoisotopic (exact) mass is 284 g/mol. The van der Waals surface area contributed by atoms with Crippen molar-refractivity contribution in [2.45, 2.75) is 32.7 Å². The van der Waals surface area contributed by atoms with Crippen molar-refractivity contribution in [3.8, 4) is 0 Å². The average Bonchev–Trinajstić information content (AvgIpc) is 2.82. The van der Waals surface area contributed by atoms with Crippen molar-refractivity contribution in [2.24, 2.45) is 5.92 Å². The lowest BCUT2D eigenvalue weighted by Crippen LogP contribution is -2.42. The zero-order chi connectivity index (χ0) is 13.8. The number of hydrogen-bond donors (Lipinski definition) is 1. The number of halogens is 1. The highest BCUT2D eigenvalue weighted by Gasteiger charge is 2.26. The van der Waals surface area contributed by atoms with E-state index in [0.29, 0.717) is 11.5 Å². The molecule has 2 rings (SSSR count). The summed E-state index contributed by atoms with van der Waals surface area (Å²) in [5.41, 5.74) is 0.462. The Morgan fingerprint density at radius 3 is 2.74 bits per heavy atom. The topological polar surface area (TPSA) is 45.5 Å². The minimum Gasteiger partial charge on any atom is -0.452 e. The summed E-state index contributed by atoms with van der Waals surface area (Å²) in [4.78, 5) is 14.4. The van der Waals surface area contributed by atoms with Gasteiger partial charge in [0, 0.05) is 12.6 Å². The van der Waals surface area contributed by atoms with Gasteiger partial charge in [0.2, 0.25) is 5.22 Å². The van der Waals surface area contributed by atoms with E-state index in [4.69, 9.17) is 16.0 Å². The number of hydrogen-bond acceptors (Lipinski definition) is 3. The number of piperidine rings is 1. The molecule has 1 aromatic heterocycles. The third kappa shape index (κ3) is 3.51. The van der Waals surface area contributed by atoms with Crippen LogP contribution in [-0.2, 0) is 0 Å². The maximum absolute atomic E-state index is 12.5. The molecule has 0 radical (unpaired) electrons. The van der Waals surface area contributed by atoms with Crippen molar-refractivity contribution < 1.29 is 9.21 Å². The molecule has 1 aliphatic rings. The molecule has 19 heavy (non-hydrogen) atoms. The highest BCUT2D eigenvalue weighted by atomic mass is 35.5. The van der Waals surface area contributed by atoms with Crippen LogP contribution >= 0.6 is 11.6 Å². The first-order valence-electron chi connectivity index (χ1n) is 6.84. The predicted molar refractivity (Wildman–Crippen MR) is 75.5 cm³/mol. The fourth-order valence-electron chi connectivity index (χ4n) is 2.47. The molecule has 0 aromatic carbocycles. The van der Waals surface area contributed by atoms with Crippen LogP contribution in [0.5, 0.6) is 0 Å². The number of amides is 1. The van der Waals surface area contributed by atoms with Crippen molar-refractivity contribution in [1.29, 1.82) is 0 Å². The average molecular weight is 285 g/mol. The molecule has 0 bridgehead atoms. The van der Waals surface area contributed by atoms with Gasteiger partial charge in [-0.3, -0.25) is 4.79 Å². The summed E-state index contributed by atoms with van der Waals surface area (Å²) in [7, 11) is 0. The largest absolute Gasteiger partial charge is 0.452 e. The van der Waals surface area contributed by atoms with E-state index < -0.39 is 0 Å². The second-order valence-electron chi connectivity index (χ2n) is 5.35. The Morgan fingerprint density at radius 1 is 1.53 bits per heavy atom. The smallest absolute Gasteiger partial charge is 0.258 e. The first-order valence-corrected chi connectivity index (χ1v) is 7.22. The molecule has 1 saturated heterocycles. The molecule has 106 valence electrons. The van der Waals surface area contributed by atoms with Crippen LogP contribution in [0, 0.1) is 5.92 Å². The summed E-state index contributed by atoms with van der Waals surface area (Å²) >= 11 is 5.90. The highest BCUT2D eigenvalue weighted by molar-refractivity contribution is 6.32. The van der Waals surface area contributed by atoms with Crippen LogP contribution in [0.3, 0.4) is 0 Å². The summed E-state index contributed by atoms with van der Waals surface area (Å²) in [5, 5.41) is 3.52. The summed E-state index contributed by atoms with van der Waals surface area (Å²) in [6.45, 7) is 6.94. The van der Waals surface area contributed by atoms with E-state index in [1.54, 1.807) is 6.07 Å². The quantitative estimate of drug-likeness (QED) is 0.925. The first kappa shape index (κ1) is 14.4. The summed E-state index contributed by atoms with van der Waals surface area (Å²) in [5.74, 6) is 0.533. The minimum atomic E-state index is -0.0349. The molecule has 0 aliphatic carbocycles. The van der Waals surface area contributed by atoms with Gasteiger partial charge in [0.15, 0.2) is 0 Å². The van der Waals surface area contributed by atoms with E-state index in [1.165, 1.54) is 6.26 Å². The van der Waals surface area contributed by atoms with Crippen LogP contribution < -0.4 is 5.32 Å². The third-order valence-electron chi connectivity index (χ3n) is 3.65. The Morgan fingerprint density at radius 2 is 2.21 bits per heavy atom. The van der Waals surface area contributed by atoms with E-state index in [1.807, 2.05) is 18.7 Å². The van der Waals surface area contributed by atoms with Gasteiger partial charge in [-0.25, -0.2) is 0 Å².